The van der Waals surface area contributed by atoms with E-state index in [1.54, 1.807) is 42.3 Å². The zero-order valence-electron chi connectivity index (χ0n) is 30.3. The van der Waals surface area contributed by atoms with Crippen LogP contribution in [0.5, 0.6) is 0 Å². The Hall–Kier alpha value is -1.99. The molecule has 1 aliphatic carbocycles. The smallest absolute Gasteiger partial charge is 0.0656 e. The summed E-state index contributed by atoms with van der Waals surface area (Å²) < 4.78 is 0. The Labute approximate surface area is 268 Å². The van der Waals surface area contributed by atoms with Gasteiger partial charge in [0.25, 0.3) is 0 Å². The van der Waals surface area contributed by atoms with Crippen molar-refractivity contribution in [1.82, 2.24) is 0 Å². The van der Waals surface area contributed by atoms with E-state index in [1.807, 2.05) is 0 Å². The van der Waals surface area contributed by atoms with Crippen LogP contribution in [0.2, 0.25) is 64.5 Å². The number of hydrogen-bond donors (Lipinski definition) is 0. The van der Waals surface area contributed by atoms with Crippen LogP contribution in [0, 0.1) is 20.8 Å². The maximum atomic E-state index is 2.72. The Morgan fingerprint density at radius 2 is 0.651 bits per heavy atom. The molecule has 230 valence electrons. The lowest BCUT2D eigenvalue weighted by atomic mass is 10.1. The molecule has 0 N–H and O–H groups in total. The third kappa shape index (κ3) is 5.90. The standard InChI is InChI=1S/C39H58Si4/c1-26-17-20-33(40(8,9)10)23-36(26)43(39-31(6)29(4)30(5)32(39)7,37-24-34(41(11,12)13)21-18-27(37)2)38-25-35(42(14,15)16)22-19-28(38)3/h17-25,39H,1-16H3. The molecule has 0 spiro atoms. The van der Waals surface area contributed by atoms with Gasteiger partial charge in [-0.25, -0.2) is 0 Å². The highest BCUT2D eigenvalue weighted by Crippen LogP contribution is 2.47. The first-order valence-electron chi connectivity index (χ1n) is 16.3. The molecule has 0 amide bonds. The summed E-state index contributed by atoms with van der Waals surface area (Å²) >= 11 is 0. The first-order chi connectivity index (χ1) is 19.6. The van der Waals surface area contributed by atoms with E-state index < -0.39 is 32.3 Å². The van der Waals surface area contributed by atoms with Gasteiger partial charge in [-0.1, -0.05) is 157 Å². The van der Waals surface area contributed by atoms with Gasteiger partial charge in [0.2, 0.25) is 0 Å². The number of benzene rings is 3. The average Bonchev–Trinajstić information content (AvgIpc) is 3.08. The van der Waals surface area contributed by atoms with E-state index >= 15 is 0 Å². The summed E-state index contributed by atoms with van der Waals surface area (Å²) in [6, 6.07) is 23.0. The van der Waals surface area contributed by atoms with Crippen molar-refractivity contribution < 1.29 is 0 Å². The summed E-state index contributed by atoms with van der Waals surface area (Å²) in [5.74, 6) is 0. The van der Waals surface area contributed by atoms with Crippen molar-refractivity contribution in [3.8, 4) is 0 Å². The second-order valence-electron chi connectivity index (χ2n) is 16.7. The number of rotatable bonds is 7. The lowest BCUT2D eigenvalue weighted by molar-refractivity contribution is 1.09. The van der Waals surface area contributed by atoms with Gasteiger partial charge < -0.3 is 0 Å². The predicted molar refractivity (Wildman–Crippen MR) is 208 cm³/mol. The van der Waals surface area contributed by atoms with Crippen LogP contribution in [0.25, 0.3) is 0 Å². The van der Waals surface area contributed by atoms with Crippen LogP contribution in [-0.4, -0.2) is 32.3 Å². The molecule has 43 heavy (non-hydrogen) atoms. The van der Waals surface area contributed by atoms with E-state index in [9.17, 15) is 0 Å². The lowest BCUT2D eigenvalue weighted by Gasteiger charge is -2.45. The molecule has 3 aromatic carbocycles. The Morgan fingerprint density at radius 3 is 0.884 bits per heavy atom. The van der Waals surface area contributed by atoms with E-state index in [1.165, 1.54) is 27.8 Å². The summed E-state index contributed by atoms with van der Waals surface area (Å²) in [7, 11) is -7.41. The SMILES string of the molecule is CC1=C(C)C([Si](c2cc([Si](C)(C)C)ccc2C)(c2cc([Si](C)(C)C)ccc2C)c2cc([Si](C)(C)C)ccc2C)C(C)=C1C. The van der Waals surface area contributed by atoms with Gasteiger partial charge in [-0.15, -0.1) is 0 Å². The van der Waals surface area contributed by atoms with Crippen molar-refractivity contribution in [3.63, 3.8) is 0 Å². The lowest BCUT2D eigenvalue weighted by Crippen LogP contribution is -2.73. The number of allylic oxidation sites excluding steroid dienone is 4. The highest BCUT2D eigenvalue weighted by Gasteiger charge is 2.52. The van der Waals surface area contributed by atoms with E-state index in [4.69, 9.17) is 0 Å². The predicted octanol–water partition coefficient (Wildman–Crippen LogP) is 7.77. The molecule has 0 unspecified atom stereocenters. The molecule has 0 aliphatic heterocycles. The van der Waals surface area contributed by atoms with Gasteiger partial charge in [-0.3, -0.25) is 0 Å². The van der Waals surface area contributed by atoms with Crippen molar-refractivity contribution in [2.24, 2.45) is 0 Å². The van der Waals surface area contributed by atoms with Crippen LogP contribution in [-0.2, 0) is 0 Å². The first kappa shape index (κ1) is 33.9. The minimum atomic E-state index is -2.71. The van der Waals surface area contributed by atoms with Gasteiger partial charge in [0.15, 0.2) is 8.07 Å². The molecular formula is C39H58Si4. The maximum Gasteiger partial charge on any atom is 0.160 e. The topological polar surface area (TPSA) is 0 Å². The highest BCUT2D eigenvalue weighted by atomic mass is 28.3. The largest absolute Gasteiger partial charge is 0.160 e. The van der Waals surface area contributed by atoms with Crippen LogP contribution in [0.4, 0.5) is 0 Å². The highest BCUT2D eigenvalue weighted by molar-refractivity contribution is 7.14. The molecule has 0 saturated heterocycles. The fourth-order valence-electron chi connectivity index (χ4n) is 7.44. The third-order valence-corrected chi connectivity index (χ3v) is 22.7. The molecule has 0 bridgehead atoms. The van der Waals surface area contributed by atoms with Gasteiger partial charge in [0, 0.05) is 5.54 Å². The summed E-state index contributed by atoms with van der Waals surface area (Å²) in [6.07, 6.45) is 0. The van der Waals surface area contributed by atoms with E-state index in [0.717, 1.165) is 0 Å². The second-order valence-corrected chi connectivity index (χ2v) is 35.7. The Kier molecular flexibility index (Phi) is 9.00. The molecular weight excluding hydrogens is 581 g/mol. The molecule has 0 nitrogen and oxygen atoms in total. The van der Waals surface area contributed by atoms with Gasteiger partial charge in [0.1, 0.15) is 0 Å². The van der Waals surface area contributed by atoms with Gasteiger partial charge >= 0.3 is 0 Å². The van der Waals surface area contributed by atoms with Gasteiger partial charge in [-0.05, 0) is 75.2 Å². The van der Waals surface area contributed by atoms with Crippen LogP contribution in [0.3, 0.4) is 0 Å². The molecule has 0 atom stereocenters. The van der Waals surface area contributed by atoms with Gasteiger partial charge in [0.05, 0.1) is 24.2 Å². The van der Waals surface area contributed by atoms with Crippen LogP contribution in [0.15, 0.2) is 76.9 Å². The molecule has 4 heteroatoms. The number of hydrogen-bond acceptors (Lipinski definition) is 0. The minimum absolute atomic E-state index is 0.397. The minimum Gasteiger partial charge on any atom is -0.0656 e. The second kappa shape index (κ2) is 11.4. The molecule has 4 rings (SSSR count). The first-order valence-corrected chi connectivity index (χ1v) is 28.9. The zero-order chi connectivity index (χ0) is 32.4. The summed E-state index contributed by atoms with van der Waals surface area (Å²) in [6.45, 7) is 39.5. The van der Waals surface area contributed by atoms with Crippen molar-refractivity contribution in [1.29, 1.82) is 0 Å². The Bertz CT molecular complexity index is 1450. The van der Waals surface area contributed by atoms with Gasteiger partial charge in [-0.2, -0.15) is 0 Å². The summed E-state index contributed by atoms with van der Waals surface area (Å²) in [5, 5.41) is 9.67. The van der Waals surface area contributed by atoms with E-state index in [-0.39, 0.29) is 0 Å². The van der Waals surface area contributed by atoms with Crippen molar-refractivity contribution in [3.05, 3.63) is 93.6 Å². The third-order valence-electron chi connectivity index (χ3n) is 10.6. The van der Waals surface area contributed by atoms with E-state index in [2.05, 4.69) is 162 Å². The molecule has 0 radical (unpaired) electrons. The normalized spacial score (nSPS) is 15.6. The van der Waals surface area contributed by atoms with Crippen molar-refractivity contribution in [2.45, 2.75) is 113 Å². The Balaban J connectivity index is 2.40. The van der Waals surface area contributed by atoms with Crippen LogP contribution in [0.1, 0.15) is 44.4 Å². The average molecular weight is 639 g/mol. The fourth-order valence-corrected chi connectivity index (χ4v) is 18.2. The quantitative estimate of drug-likeness (QED) is 0.183. The van der Waals surface area contributed by atoms with Crippen LogP contribution < -0.4 is 31.1 Å². The zero-order valence-corrected chi connectivity index (χ0v) is 34.3. The summed E-state index contributed by atoms with van der Waals surface area (Å²) in [4.78, 5) is 0. The molecule has 0 saturated carbocycles. The molecule has 3 aromatic rings. The van der Waals surface area contributed by atoms with Crippen LogP contribution >= 0.6 is 0 Å². The molecule has 0 fully saturated rings. The Morgan fingerprint density at radius 1 is 0.395 bits per heavy atom. The molecule has 0 aromatic heterocycles. The summed E-state index contributed by atoms with van der Waals surface area (Å²) in [5.41, 5.74) is 11.0. The number of aryl methyl sites for hydroxylation is 3. The molecule has 1 aliphatic rings. The van der Waals surface area contributed by atoms with Crippen molar-refractivity contribution in [2.75, 3.05) is 0 Å². The maximum absolute atomic E-state index is 2.72. The monoisotopic (exact) mass is 638 g/mol. The van der Waals surface area contributed by atoms with E-state index in [0.29, 0.717) is 5.54 Å². The fraction of sp³-hybridized carbons (Fsp3) is 0.436. The molecule has 0 heterocycles. The van der Waals surface area contributed by atoms with Crippen molar-refractivity contribution >= 4 is 63.4 Å².